The number of fused-ring (bicyclic) bond motifs is 1. The van der Waals surface area contributed by atoms with Crippen molar-refractivity contribution in [1.82, 2.24) is 14.5 Å². The first kappa shape index (κ1) is 20.0. The van der Waals surface area contributed by atoms with Crippen LogP contribution >= 0.6 is 11.6 Å². The summed E-state index contributed by atoms with van der Waals surface area (Å²) in [7, 11) is 0. The number of hydrogen-bond donors (Lipinski definition) is 3. The highest BCUT2D eigenvalue weighted by atomic mass is 35.5. The quantitative estimate of drug-likeness (QED) is 0.544. The van der Waals surface area contributed by atoms with E-state index in [0.29, 0.717) is 24.1 Å². The molecule has 10 heteroatoms. The van der Waals surface area contributed by atoms with E-state index >= 15 is 0 Å². The molecule has 0 aliphatic carbocycles. The van der Waals surface area contributed by atoms with Crippen LogP contribution in [-0.4, -0.2) is 46.9 Å². The van der Waals surface area contributed by atoms with Gasteiger partial charge in [0, 0.05) is 36.4 Å². The number of rotatable bonds is 2. The number of aromatic amines is 1. The molecule has 0 amide bonds. The second-order valence-corrected chi connectivity index (χ2v) is 8.68. The largest absolute Gasteiger partial charge is 0.382 e. The van der Waals surface area contributed by atoms with Gasteiger partial charge in [0.2, 0.25) is 0 Å². The van der Waals surface area contributed by atoms with Crippen LogP contribution in [0.3, 0.4) is 0 Å². The lowest BCUT2D eigenvalue weighted by Crippen LogP contribution is -2.49. The molecule has 2 aliphatic heterocycles. The maximum absolute atomic E-state index is 13.1. The van der Waals surface area contributed by atoms with Crippen LogP contribution in [0, 0.1) is 5.41 Å². The van der Waals surface area contributed by atoms with Crippen molar-refractivity contribution in [2.75, 3.05) is 36.9 Å². The van der Waals surface area contributed by atoms with E-state index in [1.165, 1.54) is 12.3 Å². The topological polar surface area (TPSA) is 132 Å². The van der Waals surface area contributed by atoms with Gasteiger partial charge in [-0.3, -0.25) is 4.79 Å². The Morgan fingerprint density at radius 2 is 2.00 bits per heavy atom. The van der Waals surface area contributed by atoms with Crippen LogP contribution in [0.25, 0.3) is 16.6 Å². The van der Waals surface area contributed by atoms with Crippen LogP contribution < -0.4 is 27.6 Å². The van der Waals surface area contributed by atoms with Gasteiger partial charge in [0.15, 0.2) is 0 Å². The molecule has 5 N–H and O–H groups in total. The number of benzene rings is 1. The molecule has 162 valence electrons. The molecular formula is C21H23ClN6O3. The van der Waals surface area contributed by atoms with Crippen molar-refractivity contribution in [3.8, 4) is 5.69 Å². The molecule has 5 rings (SSSR count). The van der Waals surface area contributed by atoms with Gasteiger partial charge in [-0.05, 0) is 37.1 Å². The molecule has 0 bridgehead atoms. The monoisotopic (exact) mass is 442 g/mol. The summed E-state index contributed by atoms with van der Waals surface area (Å²) in [6.45, 7) is 3.02. The number of ether oxygens (including phenoxy) is 1. The molecule has 0 radical (unpaired) electrons. The highest BCUT2D eigenvalue weighted by Gasteiger charge is 2.44. The van der Waals surface area contributed by atoms with Gasteiger partial charge in [-0.15, -0.1) is 0 Å². The van der Waals surface area contributed by atoms with Gasteiger partial charge >= 0.3 is 5.69 Å². The first-order chi connectivity index (χ1) is 14.9. The normalized spacial score (nSPS) is 20.6. The zero-order chi connectivity index (χ0) is 21.8. The maximum Gasteiger partial charge on any atom is 0.333 e. The molecule has 1 atom stereocenters. The first-order valence-electron chi connectivity index (χ1n) is 10.2. The summed E-state index contributed by atoms with van der Waals surface area (Å²) in [5.74, 6) is 0.0520. The molecule has 2 aromatic heterocycles. The standard InChI is InChI=1S/C21H23ClN6O3/c22-17-15(3-6-25-18(17)24)28-19(29)13-2-1-12(9-14(13)26-20(28)30)27-7-4-21(5-8-27)11-31-10-16(21)23/h1-3,6,9,16H,4-5,7-8,10-11,23H2,(H2,24,25)(H,26,30)/t16-/m1/s1. The third kappa shape index (κ3) is 3.20. The third-order valence-electron chi connectivity index (χ3n) is 6.62. The number of H-pyrrole nitrogens is 1. The van der Waals surface area contributed by atoms with Gasteiger partial charge in [-0.2, -0.15) is 0 Å². The summed E-state index contributed by atoms with van der Waals surface area (Å²) in [5.41, 5.74) is 12.6. The predicted octanol–water partition coefficient (Wildman–Crippen LogP) is 1.25. The van der Waals surface area contributed by atoms with Crippen molar-refractivity contribution in [1.29, 1.82) is 0 Å². The molecule has 3 aromatic rings. The van der Waals surface area contributed by atoms with Gasteiger partial charge in [0.05, 0.1) is 29.8 Å². The maximum atomic E-state index is 13.1. The predicted molar refractivity (Wildman–Crippen MR) is 120 cm³/mol. The molecule has 1 aromatic carbocycles. The van der Waals surface area contributed by atoms with E-state index in [9.17, 15) is 9.59 Å². The Kier molecular flexibility index (Phi) is 4.76. The lowest BCUT2D eigenvalue weighted by molar-refractivity contribution is 0.132. The fourth-order valence-corrected chi connectivity index (χ4v) is 4.84. The number of nitrogens with one attached hydrogen (secondary N) is 1. The van der Waals surface area contributed by atoms with E-state index in [4.69, 9.17) is 27.8 Å². The van der Waals surface area contributed by atoms with Crippen molar-refractivity contribution in [2.45, 2.75) is 18.9 Å². The Morgan fingerprint density at radius 3 is 2.71 bits per heavy atom. The molecule has 0 unspecified atom stereocenters. The lowest BCUT2D eigenvalue weighted by Gasteiger charge is -2.41. The van der Waals surface area contributed by atoms with Crippen LogP contribution in [0.5, 0.6) is 0 Å². The van der Waals surface area contributed by atoms with Crippen LogP contribution in [0.15, 0.2) is 40.1 Å². The van der Waals surface area contributed by atoms with Crippen LogP contribution in [0.4, 0.5) is 11.5 Å². The number of halogens is 1. The van der Waals surface area contributed by atoms with Crippen molar-refractivity contribution < 1.29 is 4.74 Å². The van der Waals surface area contributed by atoms with Gasteiger partial charge < -0.3 is 26.1 Å². The van der Waals surface area contributed by atoms with E-state index in [1.54, 1.807) is 6.07 Å². The van der Waals surface area contributed by atoms with E-state index in [2.05, 4.69) is 14.9 Å². The summed E-state index contributed by atoms with van der Waals surface area (Å²) in [5, 5.41) is 0.442. The van der Waals surface area contributed by atoms with E-state index < -0.39 is 11.2 Å². The molecule has 2 fully saturated rings. The Balaban J connectivity index is 1.50. The minimum absolute atomic E-state index is 0.0520. The Morgan fingerprint density at radius 1 is 1.23 bits per heavy atom. The Labute approximate surface area is 182 Å². The van der Waals surface area contributed by atoms with Gasteiger partial charge in [-0.25, -0.2) is 14.3 Å². The number of aromatic nitrogens is 3. The average Bonchev–Trinajstić information content (AvgIpc) is 3.11. The van der Waals surface area contributed by atoms with Crippen molar-refractivity contribution >= 4 is 34.0 Å². The molecular weight excluding hydrogens is 420 g/mol. The fraction of sp³-hybridized carbons (Fsp3) is 0.381. The number of nitrogen functional groups attached to an aromatic ring is 1. The number of nitrogens with two attached hydrogens (primary N) is 2. The van der Waals surface area contributed by atoms with Gasteiger partial charge in [0.25, 0.3) is 5.56 Å². The van der Waals surface area contributed by atoms with Crippen molar-refractivity contribution in [2.24, 2.45) is 11.1 Å². The Hall–Kier alpha value is -2.88. The van der Waals surface area contributed by atoms with Crippen molar-refractivity contribution in [3.05, 3.63) is 56.3 Å². The third-order valence-corrected chi connectivity index (χ3v) is 7.00. The number of pyridine rings is 1. The molecule has 31 heavy (non-hydrogen) atoms. The second-order valence-electron chi connectivity index (χ2n) is 8.30. The zero-order valence-electron chi connectivity index (χ0n) is 16.8. The smallest absolute Gasteiger partial charge is 0.333 e. The lowest BCUT2D eigenvalue weighted by atomic mass is 9.75. The summed E-state index contributed by atoms with van der Waals surface area (Å²) >= 11 is 6.19. The van der Waals surface area contributed by atoms with Crippen LogP contribution in [-0.2, 0) is 4.74 Å². The average molecular weight is 443 g/mol. The van der Waals surface area contributed by atoms with Crippen LogP contribution in [0.2, 0.25) is 5.02 Å². The second kappa shape index (κ2) is 7.37. The van der Waals surface area contributed by atoms with Gasteiger partial charge in [-0.1, -0.05) is 11.6 Å². The zero-order valence-corrected chi connectivity index (χ0v) is 17.6. The molecule has 0 saturated carbocycles. The molecule has 2 aliphatic rings. The molecule has 1 spiro atoms. The van der Waals surface area contributed by atoms with E-state index in [1.807, 2.05) is 12.1 Å². The SMILES string of the molecule is Nc1nccc(-n2c(=O)[nH]c3cc(N4CCC5(CC4)COC[C@H]5N)ccc3c2=O)c1Cl. The van der Waals surface area contributed by atoms with Crippen molar-refractivity contribution in [3.63, 3.8) is 0 Å². The molecule has 4 heterocycles. The highest BCUT2D eigenvalue weighted by Crippen LogP contribution is 2.39. The summed E-state index contributed by atoms with van der Waals surface area (Å²) in [6.07, 6.45) is 3.30. The highest BCUT2D eigenvalue weighted by molar-refractivity contribution is 6.34. The van der Waals surface area contributed by atoms with E-state index in [0.717, 1.165) is 36.2 Å². The minimum Gasteiger partial charge on any atom is -0.382 e. The van der Waals surface area contributed by atoms with E-state index in [-0.39, 0.29) is 28.0 Å². The summed E-state index contributed by atoms with van der Waals surface area (Å²) in [6, 6.07) is 7.03. The summed E-state index contributed by atoms with van der Waals surface area (Å²) < 4.78 is 6.58. The Bertz CT molecular complexity index is 1280. The molecule has 2 saturated heterocycles. The number of anilines is 2. The minimum atomic E-state index is -0.589. The summed E-state index contributed by atoms with van der Waals surface area (Å²) in [4.78, 5) is 34.8. The van der Waals surface area contributed by atoms with Gasteiger partial charge in [0.1, 0.15) is 10.8 Å². The number of nitrogens with zero attached hydrogens (tertiary/aromatic N) is 3. The molecule has 9 nitrogen and oxygen atoms in total. The fourth-order valence-electron chi connectivity index (χ4n) is 4.64. The number of piperidine rings is 1. The number of hydrogen-bond acceptors (Lipinski definition) is 7. The van der Waals surface area contributed by atoms with Crippen LogP contribution in [0.1, 0.15) is 12.8 Å². The first-order valence-corrected chi connectivity index (χ1v) is 10.6.